The molecule has 1 nitrogen and oxygen atoms in total. The number of aliphatic hydroxyl groups is 1. The van der Waals surface area contributed by atoms with Gasteiger partial charge in [0.1, 0.15) is 0 Å². The second kappa shape index (κ2) is 5.34. The van der Waals surface area contributed by atoms with Gasteiger partial charge in [0.25, 0.3) is 0 Å². The average molecular weight is 311 g/mol. The topological polar surface area (TPSA) is 20.2 Å². The van der Waals surface area contributed by atoms with E-state index >= 15 is 0 Å². The van der Waals surface area contributed by atoms with E-state index in [1.54, 1.807) is 0 Å². The standard InChI is InChI=1S/C16H23BrO/c1-11-8-9-13(10-12(11)2)16(3,18)14-6-4-5-7-15(14)17/h4-7,11-13,18H,8-10H2,1-3H3. The molecule has 0 spiro atoms. The highest BCUT2D eigenvalue weighted by atomic mass is 79.9. The lowest BCUT2D eigenvalue weighted by Crippen LogP contribution is -2.37. The average Bonchev–Trinajstić information content (AvgIpc) is 2.33. The van der Waals surface area contributed by atoms with Crippen molar-refractivity contribution in [2.24, 2.45) is 17.8 Å². The summed E-state index contributed by atoms with van der Waals surface area (Å²) in [7, 11) is 0. The lowest BCUT2D eigenvalue weighted by molar-refractivity contribution is -0.0376. The van der Waals surface area contributed by atoms with E-state index in [9.17, 15) is 5.11 Å². The first-order valence-corrected chi connectivity index (χ1v) is 7.69. The fourth-order valence-electron chi connectivity index (χ4n) is 3.15. The Balaban J connectivity index is 2.24. The molecule has 0 saturated heterocycles. The molecule has 1 fully saturated rings. The van der Waals surface area contributed by atoms with Crippen LogP contribution in [0.1, 0.15) is 45.6 Å². The Morgan fingerprint density at radius 3 is 2.44 bits per heavy atom. The maximum Gasteiger partial charge on any atom is 0.0907 e. The summed E-state index contributed by atoms with van der Waals surface area (Å²) < 4.78 is 1.02. The number of hydrogen-bond donors (Lipinski definition) is 1. The molecule has 100 valence electrons. The summed E-state index contributed by atoms with van der Waals surface area (Å²) in [5.74, 6) is 1.86. The van der Waals surface area contributed by atoms with Gasteiger partial charge in [0, 0.05) is 4.47 Å². The summed E-state index contributed by atoms with van der Waals surface area (Å²) in [5.41, 5.74) is 0.297. The van der Waals surface area contributed by atoms with Crippen molar-refractivity contribution in [2.75, 3.05) is 0 Å². The van der Waals surface area contributed by atoms with Crippen LogP contribution in [0.4, 0.5) is 0 Å². The van der Waals surface area contributed by atoms with Crippen molar-refractivity contribution in [3.8, 4) is 0 Å². The fourth-order valence-corrected chi connectivity index (χ4v) is 3.84. The Labute approximate surface area is 119 Å². The second-order valence-electron chi connectivity index (χ2n) is 6.09. The molecule has 4 unspecified atom stereocenters. The predicted molar refractivity (Wildman–Crippen MR) is 79.4 cm³/mol. The van der Waals surface area contributed by atoms with Crippen LogP contribution < -0.4 is 0 Å². The van der Waals surface area contributed by atoms with E-state index in [0.29, 0.717) is 11.8 Å². The molecule has 1 N–H and O–H groups in total. The van der Waals surface area contributed by atoms with Gasteiger partial charge in [-0.3, -0.25) is 0 Å². The van der Waals surface area contributed by atoms with Crippen LogP contribution in [0.3, 0.4) is 0 Å². The SMILES string of the molecule is CC1CCC(C(C)(O)c2ccccc2Br)CC1C. The maximum absolute atomic E-state index is 11.0. The lowest BCUT2D eigenvalue weighted by Gasteiger charge is -2.41. The van der Waals surface area contributed by atoms with Crippen LogP contribution in [0, 0.1) is 17.8 Å². The molecule has 0 amide bonds. The largest absolute Gasteiger partial charge is 0.385 e. The molecule has 2 heteroatoms. The molecule has 0 aliphatic heterocycles. The Morgan fingerprint density at radius 1 is 1.17 bits per heavy atom. The van der Waals surface area contributed by atoms with E-state index in [1.165, 1.54) is 6.42 Å². The third-order valence-corrected chi connectivity index (χ3v) is 5.50. The normalized spacial score (nSPS) is 31.9. The molecule has 2 rings (SSSR count). The lowest BCUT2D eigenvalue weighted by atomic mass is 9.68. The number of benzene rings is 1. The minimum absolute atomic E-state index is 0.363. The summed E-state index contributed by atoms with van der Waals surface area (Å²) in [6, 6.07) is 8.05. The zero-order chi connectivity index (χ0) is 13.3. The monoisotopic (exact) mass is 310 g/mol. The molecule has 1 aliphatic carbocycles. The summed E-state index contributed by atoms with van der Waals surface area (Å²) >= 11 is 3.57. The van der Waals surface area contributed by atoms with Crippen molar-refractivity contribution < 1.29 is 5.11 Å². The van der Waals surface area contributed by atoms with E-state index in [2.05, 4.69) is 29.8 Å². The molecule has 1 aliphatic rings. The highest BCUT2D eigenvalue weighted by molar-refractivity contribution is 9.10. The van der Waals surface area contributed by atoms with Gasteiger partial charge in [-0.2, -0.15) is 0 Å². The number of hydrogen-bond acceptors (Lipinski definition) is 1. The molecule has 1 saturated carbocycles. The zero-order valence-corrected chi connectivity index (χ0v) is 13.1. The van der Waals surface area contributed by atoms with Crippen LogP contribution >= 0.6 is 15.9 Å². The minimum Gasteiger partial charge on any atom is -0.385 e. The first-order valence-electron chi connectivity index (χ1n) is 6.90. The van der Waals surface area contributed by atoms with Gasteiger partial charge in [0.05, 0.1) is 5.60 Å². The van der Waals surface area contributed by atoms with Crippen LogP contribution in [0.2, 0.25) is 0 Å². The highest BCUT2D eigenvalue weighted by Gasteiger charge is 2.38. The summed E-state index contributed by atoms with van der Waals surface area (Å²) in [6.07, 6.45) is 3.47. The van der Waals surface area contributed by atoms with Crippen LogP contribution in [-0.4, -0.2) is 5.11 Å². The first-order chi connectivity index (χ1) is 8.43. The summed E-state index contributed by atoms with van der Waals surface area (Å²) in [5, 5.41) is 11.0. The zero-order valence-electron chi connectivity index (χ0n) is 11.5. The van der Waals surface area contributed by atoms with E-state index < -0.39 is 5.60 Å². The molecule has 1 aromatic carbocycles. The van der Waals surface area contributed by atoms with E-state index in [-0.39, 0.29) is 0 Å². The van der Waals surface area contributed by atoms with Gasteiger partial charge in [0.15, 0.2) is 0 Å². The summed E-state index contributed by atoms with van der Waals surface area (Å²) in [6.45, 7) is 6.61. The van der Waals surface area contributed by atoms with Crippen LogP contribution in [0.5, 0.6) is 0 Å². The van der Waals surface area contributed by atoms with Crippen LogP contribution in [0.15, 0.2) is 28.7 Å². The van der Waals surface area contributed by atoms with Gasteiger partial charge in [-0.1, -0.05) is 54.4 Å². The van der Waals surface area contributed by atoms with E-state index in [1.807, 2.05) is 31.2 Å². The van der Waals surface area contributed by atoms with Gasteiger partial charge in [-0.25, -0.2) is 0 Å². The third kappa shape index (κ3) is 2.65. The predicted octanol–water partition coefficient (Wildman–Crippen LogP) is 4.73. The molecule has 1 aromatic rings. The van der Waals surface area contributed by atoms with Gasteiger partial charge in [-0.15, -0.1) is 0 Å². The Kier molecular flexibility index (Phi) is 4.18. The molecule has 0 bridgehead atoms. The van der Waals surface area contributed by atoms with Crippen LogP contribution in [-0.2, 0) is 5.60 Å². The van der Waals surface area contributed by atoms with Gasteiger partial charge in [-0.05, 0) is 49.1 Å². The van der Waals surface area contributed by atoms with Crippen molar-refractivity contribution in [1.82, 2.24) is 0 Å². The minimum atomic E-state index is -0.728. The van der Waals surface area contributed by atoms with E-state index in [4.69, 9.17) is 0 Å². The smallest absolute Gasteiger partial charge is 0.0907 e. The molecular formula is C16H23BrO. The number of halogens is 1. The van der Waals surface area contributed by atoms with Crippen molar-refractivity contribution >= 4 is 15.9 Å². The van der Waals surface area contributed by atoms with Crippen molar-refractivity contribution in [3.05, 3.63) is 34.3 Å². The second-order valence-corrected chi connectivity index (χ2v) is 6.95. The van der Waals surface area contributed by atoms with E-state index in [0.717, 1.165) is 28.8 Å². The fraction of sp³-hybridized carbons (Fsp3) is 0.625. The van der Waals surface area contributed by atoms with Crippen molar-refractivity contribution in [1.29, 1.82) is 0 Å². The Bertz CT molecular complexity index is 413. The molecule has 18 heavy (non-hydrogen) atoms. The molecule has 4 atom stereocenters. The molecular weight excluding hydrogens is 288 g/mol. The van der Waals surface area contributed by atoms with Crippen LogP contribution in [0.25, 0.3) is 0 Å². The van der Waals surface area contributed by atoms with Gasteiger partial charge < -0.3 is 5.11 Å². The first kappa shape index (κ1) is 14.1. The van der Waals surface area contributed by atoms with Crippen molar-refractivity contribution in [3.63, 3.8) is 0 Å². The quantitative estimate of drug-likeness (QED) is 0.837. The summed E-state index contributed by atoms with van der Waals surface area (Å²) in [4.78, 5) is 0. The van der Waals surface area contributed by atoms with Crippen molar-refractivity contribution in [2.45, 2.75) is 45.6 Å². The highest BCUT2D eigenvalue weighted by Crippen LogP contribution is 2.44. The van der Waals surface area contributed by atoms with Gasteiger partial charge >= 0.3 is 0 Å². The molecule has 0 aromatic heterocycles. The Hall–Kier alpha value is -0.340. The molecule has 0 heterocycles. The maximum atomic E-state index is 11.0. The molecule has 0 radical (unpaired) electrons. The third-order valence-electron chi connectivity index (χ3n) is 4.81. The van der Waals surface area contributed by atoms with Gasteiger partial charge in [0.2, 0.25) is 0 Å². The number of rotatable bonds is 2. The Morgan fingerprint density at radius 2 is 1.83 bits per heavy atom.